The molecule has 0 radical (unpaired) electrons. The van der Waals surface area contributed by atoms with Crippen molar-refractivity contribution in [2.45, 2.75) is 46.6 Å². The first kappa shape index (κ1) is 14.4. The standard InChI is InChI=1S/C12H26N2O/c1-9(2)8-11(4)14(5)12(15)10(3)6-7-13/h9-11H,6-8,13H2,1-5H3. The Kier molecular flexibility index (Phi) is 6.57. The van der Waals surface area contributed by atoms with E-state index in [4.69, 9.17) is 5.73 Å². The van der Waals surface area contributed by atoms with Crippen LogP contribution < -0.4 is 5.73 Å². The molecule has 0 aromatic rings. The monoisotopic (exact) mass is 214 g/mol. The molecule has 0 aliphatic carbocycles. The zero-order chi connectivity index (χ0) is 12.0. The zero-order valence-electron chi connectivity index (χ0n) is 10.8. The Balaban J connectivity index is 4.17. The maximum atomic E-state index is 11.9. The first-order valence-corrected chi connectivity index (χ1v) is 5.86. The lowest BCUT2D eigenvalue weighted by Crippen LogP contribution is -2.39. The molecule has 0 aliphatic heterocycles. The number of nitrogens with zero attached hydrogens (tertiary/aromatic N) is 1. The number of nitrogens with two attached hydrogens (primary N) is 1. The Morgan fingerprint density at radius 1 is 1.27 bits per heavy atom. The van der Waals surface area contributed by atoms with E-state index in [1.165, 1.54) is 0 Å². The minimum absolute atomic E-state index is 0.0506. The Labute approximate surface area is 94.0 Å². The smallest absolute Gasteiger partial charge is 0.225 e. The van der Waals surface area contributed by atoms with Crippen LogP contribution in [0.4, 0.5) is 0 Å². The summed E-state index contributed by atoms with van der Waals surface area (Å²) in [5.74, 6) is 0.892. The molecule has 15 heavy (non-hydrogen) atoms. The number of hydrogen-bond donors (Lipinski definition) is 1. The van der Waals surface area contributed by atoms with E-state index in [9.17, 15) is 4.79 Å². The number of carbonyl (C=O) groups excluding carboxylic acids is 1. The molecule has 0 spiro atoms. The third-order valence-electron chi connectivity index (χ3n) is 2.84. The van der Waals surface area contributed by atoms with Crippen molar-refractivity contribution < 1.29 is 4.79 Å². The maximum absolute atomic E-state index is 11.9. The van der Waals surface area contributed by atoms with E-state index >= 15 is 0 Å². The van der Waals surface area contributed by atoms with Gasteiger partial charge in [0.05, 0.1) is 0 Å². The molecular weight excluding hydrogens is 188 g/mol. The summed E-state index contributed by atoms with van der Waals surface area (Å²) in [6, 6.07) is 0.317. The second-order valence-corrected chi connectivity index (χ2v) is 4.91. The van der Waals surface area contributed by atoms with Gasteiger partial charge in [-0.1, -0.05) is 20.8 Å². The van der Waals surface area contributed by atoms with Crippen molar-refractivity contribution in [3.05, 3.63) is 0 Å². The first-order valence-electron chi connectivity index (χ1n) is 5.86. The van der Waals surface area contributed by atoms with Gasteiger partial charge < -0.3 is 10.6 Å². The van der Waals surface area contributed by atoms with Crippen LogP contribution in [0.3, 0.4) is 0 Å². The van der Waals surface area contributed by atoms with Gasteiger partial charge in [-0.15, -0.1) is 0 Å². The summed E-state index contributed by atoms with van der Waals surface area (Å²) < 4.78 is 0. The van der Waals surface area contributed by atoms with Gasteiger partial charge in [0, 0.05) is 19.0 Å². The average Bonchev–Trinajstić information content (AvgIpc) is 2.14. The fraction of sp³-hybridized carbons (Fsp3) is 0.917. The summed E-state index contributed by atoms with van der Waals surface area (Å²) in [6.45, 7) is 9.00. The fourth-order valence-corrected chi connectivity index (χ4v) is 1.78. The highest BCUT2D eigenvalue weighted by atomic mass is 16.2. The van der Waals surface area contributed by atoms with Crippen molar-refractivity contribution in [2.75, 3.05) is 13.6 Å². The normalized spacial score (nSPS) is 15.1. The summed E-state index contributed by atoms with van der Waals surface area (Å²) in [6.07, 6.45) is 1.83. The minimum atomic E-state index is 0.0506. The van der Waals surface area contributed by atoms with Gasteiger partial charge in [-0.25, -0.2) is 0 Å². The first-order chi connectivity index (χ1) is 6.90. The predicted octanol–water partition coefficient (Wildman–Crippen LogP) is 1.86. The largest absolute Gasteiger partial charge is 0.343 e. The molecule has 3 heteroatoms. The van der Waals surface area contributed by atoms with Crippen molar-refractivity contribution in [3.63, 3.8) is 0 Å². The Morgan fingerprint density at radius 3 is 2.20 bits per heavy atom. The topological polar surface area (TPSA) is 46.3 Å². The third-order valence-corrected chi connectivity index (χ3v) is 2.84. The highest BCUT2D eigenvalue weighted by Crippen LogP contribution is 2.13. The molecule has 0 rings (SSSR count). The van der Waals surface area contributed by atoms with Crippen molar-refractivity contribution >= 4 is 5.91 Å². The molecule has 0 saturated carbocycles. The molecule has 2 N–H and O–H groups in total. The van der Waals surface area contributed by atoms with E-state index < -0.39 is 0 Å². The van der Waals surface area contributed by atoms with Crippen LogP contribution in [0.2, 0.25) is 0 Å². The highest BCUT2D eigenvalue weighted by molar-refractivity contribution is 5.78. The number of rotatable bonds is 6. The highest BCUT2D eigenvalue weighted by Gasteiger charge is 2.21. The quantitative estimate of drug-likeness (QED) is 0.733. The molecule has 1 amide bonds. The van der Waals surface area contributed by atoms with Gasteiger partial charge in [0.15, 0.2) is 0 Å². The number of hydrogen-bond acceptors (Lipinski definition) is 2. The van der Waals surface area contributed by atoms with Crippen LogP contribution in [-0.4, -0.2) is 30.4 Å². The van der Waals surface area contributed by atoms with E-state index in [0.717, 1.165) is 12.8 Å². The van der Waals surface area contributed by atoms with Crippen molar-refractivity contribution in [1.82, 2.24) is 4.90 Å². The molecule has 0 saturated heterocycles. The minimum Gasteiger partial charge on any atom is -0.343 e. The van der Waals surface area contributed by atoms with Gasteiger partial charge in [0.25, 0.3) is 0 Å². The van der Waals surface area contributed by atoms with E-state index in [1.807, 2.05) is 18.9 Å². The Hall–Kier alpha value is -0.570. The van der Waals surface area contributed by atoms with Gasteiger partial charge in [-0.05, 0) is 32.2 Å². The van der Waals surface area contributed by atoms with E-state index in [0.29, 0.717) is 18.5 Å². The van der Waals surface area contributed by atoms with E-state index in [1.54, 1.807) is 0 Å². The summed E-state index contributed by atoms with van der Waals surface area (Å²) in [5, 5.41) is 0. The van der Waals surface area contributed by atoms with Gasteiger partial charge >= 0.3 is 0 Å². The van der Waals surface area contributed by atoms with Crippen molar-refractivity contribution in [2.24, 2.45) is 17.6 Å². The van der Waals surface area contributed by atoms with Crippen molar-refractivity contribution in [1.29, 1.82) is 0 Å². The van der Waals surface area contributed by atoms with Crippen LogP contribution in [0.1, 0.15) is 40.5 Å². The van der Waals surface area contributed by atoms with E-state index in [2.05, 4.69) is 20.8 Å². The third kappa shape index (κ3) is 5.17. The van der Waals surface area contributed by atoms with Crippen LogP contribution in [-0.2, 0) is 4.79 Å². The van der Waals surface area contributed by atoms with E-state index in [-0.39, 0.29) is 11.8 Å². The molecule has 0 aromatic carbocycles. The predicted molar refractivity (Wildman–Crippen MR) is 64.5 cm³/mol. The fourth-order valence-electron chi connectivity index (χ4n) is 1.78. The molecule has 3 nitrogen and oxygen atoms in total. The molecule has 0 fully saturated rings. The lowest BCUT2D eigenvalue weighted by Gasteiger charge is -2.28. The lowest BCUT2D eigenvalue weighted by molar-refractivity contribution is -0.135. The Bertz CT molecular complexity index is 192. The molecule has 2 unspecified atom stereocenters. The molecule has 0 aliphatic rings. The number of carbonyl (C=O) groups is 1. The summed E-state index contributed by atoms with van der Waals surface area (Å²) in [7, 11) is 1.89. The van der Waals surface area contributed by atoms with Crippen LogP contribution in [0.15, 0.2) is 0 Å². The van der Waals surface area contributed by atoms with Crippen molar-refractivity contribution in [3.8, 4) is 0 Å². The number of amides is 1. The van der Waals surface area contributed by atoms with Crippen LogP contribution >= 0.6 is 0 Å². The van der Waals surface area contributed by atoms with Gasteiger partial charge in [0.1, 0.15) is 0 Å². The Morgan fingerprint density at radius 2 is 1.80 bits per heavy atom. The molecule has 0 aromatic heterocycles. The molecular formula is C12H26N2O. The molecule has 0 bridgehead atoms. The summed E-state index contributed by atoms with van der Waals surface area (Å²) >= 11 is 0. The molecule has 0 heterocycles. The summed E-state index contributed by atoms with van der Waals surface area (Å²) in [5.41, 5.74) is 5.45. The average molecular weight is 214 g/mol. The molecule has 2 atom stereocenters. The van der Waals surface area contributed by atoms with Crippen LogP contribution in [0.5, 0.6) is 0 Å². The van der Waals surface area contributed by atoms with Gasteiger partial charge in [0.2, 0.25) is 5.91 Å². The second-order valence-electron chi connectivity index (χ2n) is 4.91. The lowest BCUT2D eigenvalue weighted by atomic mass is 10.0. The zero-order valence-corrected chi connectivity index (χ0v) is 10.8. The molecule has 90 valence electrons. The summed E-state index contributed by atoms with van der Waals surface area (Å²) in [4.78, 5) is 13.8. The van der Waals surface area contributed by atoms with Crippen LogP contribution in [0, 0.1) is 11.8 Å². The van der Waals surface area contributed by atoms with Crippen LogP contribution in [0.25, 0.3) is 0 Å². The van der Waals surface area contributed by atoms with Gasteiger partial charge in [-0.2, -0.15) is 0 Å². The second kappa shape index (κ2) is 6.83. The maximum Gasteiger partial charge on any atom is 0.225 e. The SMILES string of the molecule is CC(C)CC(C)N(C)C(=O)C(C)CCN. The van der Waals surface area contributed by atoms with Gasteiger partial charge in [-0.3, -0.25) is 4.79 Å².